The summed E-state index contributed by atoms with van der Waals surface area (Å²) in [6.07, 6.45) is 8.49. The number of hydrogen-bond donors (Lipinski definition) is 0. The van der Waals surface area contributed by atoms with Gasteiger partial charge in [0, 0.05) is 6.42 Å². The number of rotatable bonds is 4. The molecule has 0 spiro atoms. The first-order valence-electron chi connectivity index (χ1n) is 6.69. The minimum absolute atomic E-state index is 0.244. The van der Waals surface area contributed by atoms with Crippen LogP contribution < -0.4 is 0 Å². The number of quaternary nitrogens is 1. The van der Waals surface area contributed by atoms with Crippen LogP contribution in [0, 0.1) is 0 Å². The molecule has 0 atom stereocenters. The molecule has 0 saturated carbocycles. The van der Waals surface area contributed by atoms with Crippen LogP contribution >= 0.6 is 0 Å². The Morgan fingerprint density at radius 3 is 2.25 bits per heavy atom. The van der Waals surface area contributed by atoms with Crippen molar-refractivity contribution in [3.05, 3.63) is 12.2 Å². The van der Waals surface area contributed by atoms with Crippen LogP contribution in [0.3, 0.4) is 0 Å². The molecule has 2 nitrogen and oxygen atoms in total. The van der Waals surface area contributed by atoms with Crippen molar-refractivity contribution in [2.45, 2.75) is 46.5 Å². The van der Waals surface area contributed by atoms with Gasteiger partial charge in [-0.1, -0.05) is 20.8 Å². The molecule has 0 aliphatic carbocycles. The number of allylic oxidation sites excluding steroid dienone is 1. The Labute approximate surface area is 101 Å². The number of nitrogens with zero attached hydrogens (tertiary/aromatic N) is 1. The van der Waals surface area contributed by atoms with E-state index in [-0.39, 0.29) is 5.78 Å². The molecule has 1 saturated heterocycles. The molecular formula is C14H28NO+. The summed E-state index contributed by atoms with van der Waals surface area (Å²) >= 11 is 0. The van der Waals surface area contributed by atoms with Gasteiger partial charge in [-0.3, -0.25) is 4.79 Å². The summed E-state index contributed by atoms with van der Waals surface area (Å²) in [4.78, 5) is 11.1. The molecule has 0 amide bonds. The highest BCUT2D eigenvalue weighted by Gasteiger charge is 2.22. The van der Waals surface area contributed by atoms with Gasteiger partial charge in [-0.05, 0) is 31.4 Å². The van der Waals surface area contributed by atoms with Gasteiger partial charge in [0.2, 0.25) is 0 Å². The smallest absolute Gasteiger partial charge is 0.155 e. The minimum Gasteiger partial charge on any atom is -0.323 e. The van der Waals surface area contributed by atoms with E-state index in [0.717, 1.165) is 11.0 Å². The summed E-state index contributed by atoms with van der Waals surface area (Å²) in [7, 11) is 2.29. The number of likely N-dealkylation sites (tertiary alicyclic amines) is 1. The zero-order valence-electron chi connectivity index (χ0n) is 11.5. The Morgan fingerprint density at radius 1 is 1.19 bits per heavy atom. The Bertz CT molecular complexity index is 215. The summed E-state index contributed by atoms with van der Waals surface area (Å²) in [5.41, 5.74) is 0. The molecule has 0 aromatic heterocycles. The van der Waals surface area contributed by atoms with Crippen LogP contribution in [0.4, 0.5) is 0 Å². The summed E-state index contributed by atoms with van der Waals surface area (Å²) in [5, 5.41) is 0. The van der Waals surface area contributed by atoms with Crippen molar-refractivity contribution < 1.29 is 9.28 Å². The maximum atomic E-state index is 11.1. The van der Waals surface area contributed by atoms with Crippen LogP contribution in [0.25, 0.3) is 0 Å². The van der Waals surface area contributed by atoms with Gasteiger partial charge in [-0.25, -0.2) is 0 Å². The molecule has 2 heteroatoms. The Morgan fingerprint density at radius 2 is 1.75 bits per heavy atom. The maximum Gasteiger partial charge on any atom is 0.155 e. The van der Waals surface area contributed by atoms with E-state index in [1.807, 2.05) is 20.8 Å². The third-order valence-electron chi connectivity index (χ3n) is 3.09. The van der Waals surface area contributed by atoms with Crippen LogP contribution in [-0.4, -0.2) is 36.9 Å². The molecule has 1 rings (SSSR count). The molecule has 0 aromatic rings. The van der Waals surface area contributed by atoms with Crippen molar-refractivity contribution in [2.24, 2.45) is 0 Å². The van der Waals surface area contributed by atoms with Gasteiger partial charge >= 0.3 is 0 Å². The molecule has 1 fully saturated rings. The third-order valence-corrected chi connectivity index (χ3v) is 3.09. The number of carbonyl (C=O) groups is 1. The van der Waals surface area contributed by atoms with Crippen LogP contribution in [0.15, 0.2) is 12.2 Å². The molecule has 94 valence electrons. The normalized spacial score (nSPS) is 19.0. The van der Waals surface area contributed by atoms with Crippen molar-refractivity contribution in [3.63, 3.8) is 0 Å². The fourth-order valence-corrected chi connectivity index (χ4v) is 2.01. The van der Waals surface area contributed by atoms with Crippen molar-refractivity contribution in [2.75, 3.05) is 26.7 Å². The Hall–Kier alpha value is -0.630. The molecule has 0 bridgehead atoms. The van der Waals surface area contributed by atoms with Crippen LogP contribution in [0.1, 0.15) is 46.5 Å². The maximum absolute atomic E-state index is 11.1. The van der Waals surface area contributed by atoms with E-state index in [4.69, 9.17) is 0 Å². The van der Waals surface area contributed by atoms with Gasteiger partial charge in [-0.2, -0.15) is 0 Å². The summed E-state index contributed by atoms with van der Waals surface area (Å²) in [5.74, 6) is 0.244. The van der Waals surface area contributed by atoms with Crippen LogP contribution in [-0.2, 0) is 4.79 Å². The zero-order chi connectivity index (χ0) is 12.4. The number of likely N-dealkylation sites (N-methyl/N-ethyl adjacent to an activating group) is 1. The summed E-state index contributed by atoms with van der Waals surface area (Å²) in [6, 6.07) is 0. The van der Waals surface area contributed by atoms with Gasteiger partial charge in [0.15, 0.2) is 5.78 Å². The SMILES string of the molecule is CC.CCC(=O)/C=C/C[N+]1(C)CCCCC1. The number of ketones is 1. The fraction of sp³-hybridized carbons (Fsp3) is 0.786. The highest BCUT2D eigenvalue weighted by atomic mass is 16.1. The van der Waals surface area contributed by atoms with E-state index in [1.165, 1.54) is 32.4 Å². The lowest BCUT2D eigenvalue weighted by Crippen LogP contribution is -2.47. The molecule has 0 unspecified atom stereocenters. The Balaban J connectivity index is 0.00000106. The van der Waals surface area contributed by atoms with E-state index < -0.39 is 0 Å². The van der Waals surface area contributed by atoms with Gasteiger partial charge in [-0.15, -0.1) is 0 Å². The van der Waals surface area contributed by atoms with Gasteiger partial charge in [0.25, 0.3) is 0 Å². The fourth-order valence-electron chi connectivity index (χ4n) is 2.01. The zero-order valence-corrected chi connectivity index (χ0v) is 11.5. The predicted molar refractivity (Wildman–Crippen MR) is 70.4 cm³/mol. The molecular weight excluding hydrogens is 198 g/mol. The highest BCUT2D eigenvalue weighted by Crippen LogP contribution is 2.15. The minimum atomic E-state index is 0.244. The third kappa shape index (κ3) is 6.06. The van der Waals surface area contributed by atoms with Crippen LogP contribution in [0.5, 0.6) is 0 Å². The first kappa shape index (κ1) is 15.4. The van der Waals surface area contributed by atoms with E-state index in [9.17, 15) is 4.79 Å². The molecule has 1 aliphatic heterocycles. The second-order valence-corrected chi connectivity index (χ2v) is 4.53. The first-order valence-corrected chi connectivity index (χ1v) is 6.69. The summed E-state index contributed by atoms with van der Waals surface area (Å²) in [6.45, 7) is 9.46. The first-order chi connectivity index (χ1) is 7.66. The van der Waals surface area contributed by atoms with E-state index >= 15 is 0 Å². The Kier molecular flexibility index (Phi) is 8.18. The van der Waals surface area contributed by atoms with Crippen molar-refractivity contribution in [1.82, 2.24) is 0 Å². The molecule has 1 aliphatic rings. The number of hydrogen-bond acceptors (Lipinski definition) is 1. The monoisotopic (exact) mass is 226 g/mol. The van der Waals surface area contributed by atoms with Crippen molar-refractivity contribution in [1.29, 1.82) is 0 Å². The van der Waals surface area contributed by atoms with E-state index in [0.29, 0.717) is 6.42 Å². The predicted octanol–water partition coefficient (Wildman–Crippen LogP) is 3.18. The number of piperidine rings is 1. The standard InChI is InChI=1S/C12H22NO.C2H6/c1-3-12(14)8-7-11-13(2)9-5-4-6-10-13;1-2/h7-8H,3-6,9-11H2,1-2H3;1-2H3/q+1;/b8-7+;. The highest BCUT2D eigenvalue weighted by molar-refractivity contribution is 5.89. The molecule has 0 N–H and O–H groups in total. The largest absolute Gasteiger partial charge is 0.323 e. The number of carbonyl (C=O) groups excluding carboxylic acids is 1. The lowest BCUT2D eigenvalue weighted by atomic mass is 10.1. The van der Waals surface area contributed by atoms with Gasteiger partial charge < -0.3 is 4.48 Å². The van der Waals surface area contributed by atoms with Crippen LogP contribution in [0.2, 0.25) is 0 Å². The molecule has 16 heavy (non-hydrogen) atoms. The second-order valence-electron chi connectivity index (χ2n) is 4.53. The average Bonchev–Trinajstić information content (AvgIpc) is 2.32. The molecule has 0 aromatic carbocycles. The van der Waals surface area contributed by atoms with Gasteiger partial charge in [0.1, 0.15) is 0 Å². The lowest BCUT2D eigenvalue weighted by molar-refractivity contribution is -0.908. The van der Waals surface area contributed by atoms with E-state index in [1.54, 1.807) is 6.08 Å². The van der Waals surface area contributed by atoms with Crippen molar-refractivity contribution in [3.8, 4) is 0 Å². The quantitative estimate of drug-likeness (QED) is 0.531. The summed E-state index contributed by atoms with van der Waals surface area (Å²) < 4.78 is 1.12. The van der Waals surface area contributed by atoms with Crippen molar-refractivity contribution >= 4 is 5.78 Å². The van der Waals surface area contributed by atoms with E-state index in [2.05, 4.69) is 13.1 Å². The molecule has 0 radical (unpaired) electrons. The molecule has 1 heterocycles. The average molecular weight is 226 g/mol. The topological polar surface area (TPSA) is 17.1 Å². The van der Waals surface area contributed by atoms with Gasteiger partial charge in [0.05, 0.1) is 26.7 Å². The lowest BCUT2D eigenvalue weighted by Gasteiger charge is -2.36. The second kappa shape index (κ2) is 8.51.